The van der Waals surface area contributed by atoms with Gasteiger partial charge in [-0.25, -0.2) is 0 Å². The highest BCUT2D eigenvalue weighted by Crippen LogP contribution is 2.13. The molecule has 0 saturated carbocycles. The summed E-state index contributed by atoms with van der Waals surface area (Å²) in [6, 6.07) is 6.45. The van der Waals surface area contributed by atoms with Gasteiger partial charge in [-0.15, -0.1) is 0 Å². The van der Waals surface area contributed by atoms with Crippen LogP contribution in [0.25, 0.3) is 0 Å². The zero-order valence-corrected chi connectivity index (χ0v) is 11.0. The van der Waals surface area contributed by atoms with Crippen LogP contribution < -0.4 is 0 Å². The molecule has 1 aromatic rings. The number of benzene rings is 1. The molecule has 3 heteroatoms. The van der Waals surface area contributed by atoms with Crippen LogP contribution in [0.1, 0.15) is 23.1 Å². The van der Waals surface area contributed by atoms with E-state index in [1.807, 2.05) is 7.05 Å². The average Bonchev–Trinajstić information content (AvgIpc) is 2.30. The molecule has 17 heavy (non-hydrogen) atoms. The molecule has 2 N–H and O–H groups in total. The topological polar surface area (TPSA) is 43.7 Å². The maximum atomic E-state index is 9.25. The Morgan fingerprint density at radius 3 is 2.41 bits per heavy atom. The third-order valence-corrected chi connectivity index (χ3v) is 3.30. The first-order chi connectivity index (χ1) is 8.08. The fraction of sp³-hybridized carbons (Fsp3) is 0.571. The van der Waals surface area contributed by atoms with Crippen LogP contribution in [0.3, 0.4) is 0 Å². The van der Waals surface area contributed by atoms with E-state index in [4.69, 9.17) is 5.11 Å². The van der Waals surface area contributed by atoms with Crippen molar-refractivity contribution >= 4 is 0 Å². The molecule has 1 aromatic carbocycles. The molecule has 0 saturated heterocycles. The van der Waals surface area contributed by atoms with Crippen molar-refractivity contribution in [3.05, 3.63) is 34.9 Å². The lowest BCUT2D eigenvalue weighted by atomic mass is 10.1. The van der Waals surface area contributed by atoms with Crippen LogP contribution in [-0.2, 0) is 6.54 Å². The Hall–Kier alpha value is -0.900. The number of likely N-dealkylation sites (N-methyl/N-ethyl adjacent to an activating group) is 1. The van der Waals surface area contributed by atoms with E-state index in [0.717, 1.165) is 6.54 Å². The van der Waals surface area contributed by atoms with Crippen molar-refractivity contribution in [3.8, 4) is 0 Å². The van der Waals surface area contributed by atoms with Gasteiger partial charge < -0.3 is 10.2 Å². The van der Waals surface area contributed by atoms with Gasteiger partial charge in [-0.05, 0) is 44.0 Å². The Bertz CT molecular complexity index is 352. The van der Waals surface area contributed by atoms with Crippen molar-refractivity contribution < 1.29 is 10.2 Å². The minimum absolute atomic E-state index is 0.0293. The van der Waals surface area contributed by atoms with E-state index in [0.29, 0.717) is 6.42 Å². The highest BCUT2D eigenvalue weighted by Gasteiger charge is 2.13. The average molecular weight is 237 g/mol. The highest BCUT2D eigenvalue weighted by molar-refractivity contribution is 5.29. The summed E-state index contributed by atoms with van der Waals surface area (Å²) in [6.45, 7) is 5.21. The van der Waals surface area contributed by atoms with Gasteiger partial charge in [0.25, 0.3) is 0 Å². The van der Waals surface area contributed by atoms with Crippen LogP contribution in [-0.4, -0.2) is 41.4 Å². The van der Waals surface area contributed by atoms with Gasteiger partial charge in [0, 0.05) is 19.2 Å². The molecule has 0 aliphatic rings. The smallest absolute Gasteiger partial charge is 0.0587 e. The number of hydrogen-bond acceptors (Lipinski definition) is 3. The molecule has 0 heterocycles. The van der Waals surface area contributed by atoms with Crippen molar-refractivity contribution in [1.82, 2.24) is 4.90 Å². The molecule has 0 radical (unpaired) electrons. The molecular weight excluding hydrogens is 214 g/mol. The quantitative estimate of drug-likeness (QED) is 0.787. The lowest BCUT2D eigenvalue weighted by molar-refractivity contribution is 0.115. The summed E-state index contributed by atoms with van der Waals surface area (Å²) in [5, 5.41) is 18.2. The lowest BCUT2D eigenvalue weighted by Crippen LogP contribution is -2.35. The Morgan fingerprint density at radius 2 is 1.88 bits per heavy atom. The standard InChI is InChI=1S/C14H23NO2/c1-11-4-5-13(8-12(11)2)9-15(3)14(10-17)6-7-16/h4-5,8,14,16-17H,6-7,9-10H2,1-3H3. The number of rotatable bonds is 6. The third-order valence-electron chi connectivity index (χ3n) is 3.30. The van der Waals surface area contributed by atoms with E-state index >= 15 is 0 Å². The fourth-order valence-corrected chi connectivity index (χ4v) is 1.92. The monoisotopic (exact) mass is 237 g/mol. The molecular formula is C14H23NO2. The van der Waals surface area contributed by atoms with E-state index in [-0.39, 0.29) is 19.3 Å². The molecule has 3 nitrogen and oxygen atoms in total. The van der Waals surface area contributed by atoms with Crippen molar-refractivity contribution in [1.29, 1.82) is 0 Å². The van der Waals surface area contributed by atoms with Crippen LogP contribution in [0.4, 0.5) is 0 Å². The summed E-state index contributed by atoms with van der Waals surface area (Å²) in [5.74, 6) is 0. The molecule has 0 aromatic heterocycles. The number of aliphatic hydroxyl groups excluding tert-OH is 2. The van der Waals surface area contributed by atoms with Crippen molar-refractivity contribution in [2.75, 3.05) is 20.3 Å². The van der Waals surface area contributed by atoms with Gasteiger partial charge in [0.1, 0.15) is 0 Å². The summed E-state index contributed by atoms with van der Waals surface area (Å²) >= 11 is 0. The van der Waals surface area contributed by atoms with Gasteiger partial charge in [-0.2, -0.15) is 0 Å². The molecule has 96 valence electrons. The molecule has 0 spiro atoms. The van der Waals surface area contributed by atoms with Crippen LogP contribution in [0.5, 0.6) is 0 Å². The molecule has 1 unspecified atom stereocenters. The number of nitrogens with zero attached hydrogens (tertiary/aromatic N) is 1. The molecule has 0 aliphatic carbocycles. The molecule has 1 atom stereocenters. The van der Waals surface area contributed by atoms with Gasteiger partial charge in [-0.3, -0.25) is 4.90 Å². The van der Waals surface area contributed by atoms with Gasteiger partial charge in [-0.1, -0.05) is 18.2 Å². The third kappa shape index (κ3) is 4.11. The van der Waals surface area contributed by atoms with E-state index in [2.05, 4.69) is 36.9 Å². The SMILES string of the molecule is Cc1ccc(CN(C)C(CO)CCO)cc1C. The van der Waals surface area contributed by atoms with E-state index in [1.54, 1.807) is 0 Å². The Kier molecular flexibility index (Phi) is 5.62. The normalized spacial score (nSPS) is 13.1. The molecule has 0 aliphatic heterocycles. The van der Waals surface area contributed by atoms with Gasteiger partial charge in [0.05, 0.1) is 6.61 Å². The second-order valence-electron chi connectivity index (χ2n) is 4.68. The summed E-state index contributed by atoms with van der Waals surface area (Å²) < 4.78 is 0. The zero-order valence-electron chi connectivity index (χ0n) is 11.0. The van der Waals surface area contributed by atoms with Crippen LogP contribution in [0.15, 0.2) is 18.2 Å². The maximum Gasteiger partial charge on any atom is 0.0587 e. The first-order valence-corrected chi connectivity index (χ1v) is 6.06. The Labute approximate surface area is 104 Å². The highest BCUT2D eigenvalue weighted by atomic mass is 16.3. The predicted molar refractivity (Wildman–Crippen MR) is 70.0 cm³/mol. The number of hydrogen-bond donors (Lipinski definition) is 2. The number of aryl methyl sites for hydroxylation is 2. The van der Waals surface area contributed by atoms with Gasteiger partial charge >= 0.3 is 0 Å². The predicted octanol–water partition coefficient (Wildman–Crippen LogP) is 1.48. The first kappa shape index (κ1) is 14.2. The van der Waals surface area contributed by atoms with E-state index in [1.165, 1.54) is 16.7 Å². The van der Waals surface area contributed by atoms with Crippen LogP contribution in [0.2, 0.25) is 0 Å². The molecule has 1 rings (SSSR count). The lowest BCUT2D eigenvalue weighted by Gasteiger charge is -2.26. The second-order valence-corrected chi connectivity index (χ2v) is 4.68. The number of aliphatic hydroxyl groups is 2. The fourth-order valence-electron chi connectivity index (χ4n) is 1.92. The summed E-state index contributed by atoms with van der Waals surface area (Å²) in [4.78, 5) is 2.08. The van der Waals surface area contributed by atoms with Gasteiger partial charge in [0.2, 0.25) is 0 Å². The zero-order chi connectivity index (χ0) is 12.8. The van der Waals surface area contributed by atoms with E-state index in [9.17, 15) is 5.11 Å². The molecule has 0 amide bonds. The maximum absolute atomic E-state index is 9.25. The first-order valence-electron chi connectivity index (χ1n) is 6.06. The van der Waals surface area contributed by atoms with Crippen LogP contribution in [0, 0.1) is 13.8 Å². The summed E-state index contributed by atoms with van der Waals surface area (Å²) in [5.41, 5.74) is 3.83. The van der Waals surface area contributed by atoms with Crippen molar-refractivity contribution in [3.63, 3.8) is 0 Å². The summed E-state index contributed by atoms with van der Waals surface area (Å²) in [7, 11) is 1.98. The van der Waals surface area contributed by atoms with Crippen molar-refractivity contribution in [2.45, 2.75) is 32.9 Å². The minimum atomic E-state index is 0.0293. The molecule has 0 bridgehead atoms. The minimum Gasteiger partial charge on any atom is -0.396 e. The second kappa shape index (κ2) is 6.74. The van der Waals surface area contributed by atoms with Crippen molar-refractivity contribution in [2.24, 2.45) is 0 Å². The Balaban J connectivity index is 2.66. The van der Waals surface area contributed by atoms with Crippen LogP contribution >= 0.6 is 0 Å². The van der Waals surface area contributed by atoms with Gasteiger partial charge in [0.15, 0.2) is 0 Å². The Morgan fingerprint density at radius 1 is 1.18 bits per heavy atom. The van der Waals surface area contributed by atoms with E-state index < -0.39 is 0 Å². The molecule has 0 fully saturated rings. The summed E-state index contributed by atoms with van der Waals surface area (Å²) in [6.07, 6.45) is 0.609. The largest absolute Gasteiger partial charge is 0.396 e.